The van der Waals surface area contributed by atoms with Crippen LogP contribution in [-0.2, 0) is 11.8 Å². The second kappa shape index (κ2) is 10.1. The number of amides is 1. The summed E-state index contributed by atoms with van der Waals surface area (Å²) in [6.45, 7) is 12.7. The van der Waals surface area contributed by atoms with E-state index in [2.05, 4.69) is 56.5 Å². The van der Waals surface area contributed by atoms with E-state index in [0.29, 0.717) is 19.0 Å². The number of nitrogens with one attached hydrogen (secondary N) is 2. The molecule has 5 rings (SSSR count). The summed E-state index contributed by atoms with van der Waals surface area (Å²) in [6.07, 6.45) is 1.57. The van der Waals surface area contributed by atoms with Gasteiger partial charge in [0, 0.05) is 51.0 Å². The third-order valence-electron chi connectivity index (χ3n) is 6.81. The Morgan fingerprint density at radius 1 is 1.11 bits per heavy atom. The molecule has 1 aliphatic rings. The molecule has 2 N–H and O–H groups in total. The zero-order chi connectivity index (χ0) is 27.0. The van der Waals surface area contributed by atoms with E-state index in [1.165, 1.54) is 0 Å². The first-order valence-electron chi connectivity index (χ1n) is 13.0. The van der Waals surface area contributed by atoms with E-state index >= 15 is 0 Å². The molecular weight excluding hydrogens is 480 g/mol. The number of H-pyrrole nitrogens is 1. The first kappa shape index (κ1) is 25.7. The predicted octanol–water partition coefficient (Wildman–Crippen LogP) is 5.02. The molecular formula is C28H36N8O2. The number of anilines is 2. The molecule has 4 heterocycles. The largest absolute Gasteiger partial charge is 0.444 e. The number of aromatic amines is 1. The van der Waals surface area contributed by atoms with Gasteiger partial charge in [0.15, 0.2) is 0 Å². The molecule has 0 radical (unpaired) electrons. The number of hydrogen-bond acceptors (Lipinski definition) is 7. The van der Waals surface area contributed by atoms with Crippen molar-refractivity contribution in [2.45, 2.75) is 46.3 Å². The number of pyridine rings is 1. The number of carbonyl (C=O) groups is 1. The standard InChI is InChI=1S/C28H36N8O2/c1-18-15-24(34(6)33-18)21-7-8-22-23(16-21)31-26(30-22)32-25-17-20(9-10-29-25)19(2)35-11-13-36(14-12-35)27(37)38-28(3,4)5/h7-10,15-17,19H,11-14H2,1-6H3,(H2,29,30,31,32). The van der Waals surface area contributed by atoms with E-state index in [9.17, 15) is 4.79 Å². The molecule has 0 aliphatic carbocycles. The number of nitrogens with zero attached hydrogens (tertiary/aromatic N) is 6. The summed E-state index contributed by atoms with van der Waals surface area (Å²) >= 11 is 0. The maximum Gasteiger partial charge on any atom is 0.410 e. The summed E-state index contributed by atoms with van der Waals surface area (Å²) in [5, 5.41) is 7.78. The SMILES string of the molecule is Cc1cc(-c2ccc3nc(Nc4cc(C(C)N5CCN(C(=O)OC(C)(C)C)CC5)ccn4)[nH]c3c2)n(C)n1. The van der Waals surface area contributed by atoms with Crippen LogP contribution >= 0.6 is 0 Å². The first-order valence-corrected chi connectivity index (χ1v) is 13.0. The molecule has 1 saturated heterocycles. The fraction of sp³-hybridized carbons (Fsp3) is 0.429. The summed E-state index contributed by atoms with van der Waals surface area (Å²) in [5.41, 5.74) is 5.61. The van der Waals surface area contributed by atoms with Gasteiger partial charge >= 0.3 is 6.09 Å². The van der Waals surface area contributed by atoms with Crippen molar-refractivity contribution in [1.82, 2.24) is 34.5 Å². The van der Waals surface area contributed by atoms with Crippen molar-refractivity contribution in [2.24, 2.45) is 7.05 Å². The van der Waals surface area contributed by atoms with E-state index < -0.39 is 5.60 Å². The average Bonchev–Trinajstić information content (AvgIpc) is 3.43. The lowest BCUT2D eigenvalue weighted by Gasteiger charge is -2.38. The molecule has 200 valence electrons. The maximum atomic E-state index is 12.4. The van der Waals surface area contributed by atoms with Crippen LogP contribution in [0, 0.1) is 6.92 Å². The van der Waals surface area contributed by atoms with E-state index in [4.69, 9.17) is 9.72 Å². The van der Waals surface area contributed by atoms with Crippen molar-refractivity contribution in [3.63, 3.8) is 0 Å². The van der Waals surface area contributed by atoms with Crippen LogP contribution in [-0.4, -0.2) is 72.4 Å². The third-order valence-corrected chi connectivity index (χ3v) is 6.81. The van der Waals surface area contributed by atoms with Crippen LogP contribution in [0.1, 0.15) is 45.0 Å². The zero-order valence-corrected chi connectivity index (χ0v) is 22.9. The maximum absolute atomic E-state index is 12.4. The van der Waals surface area contributed by atoms with Gasteiger partial charge < -0.3 is 19.9 Å². The van der Waals surface area contributed by atoms with Crippen LogP contribution in [0.4, 0.5) is 16.6 Å². The minimum Gasteiger partial charge on any atom is -0.444 e. The Balaban J connectivity index is 1.25. The van der Waals surface area contributed by atoms with Crippen molar-refractivity contribution >= 4 is 28.9 Å². The molecule has 4 aromatic rings. The Bertz CT molecular complexity index is 1440. The minimum absolute atomic E-state index is 0.180. The van der Waals surface area contributed by atoms with E-state index in [-0.39, 0.29) is 12.1 Å². The number of piperazine rings is 1. The van der Waals surface area contributed by atoms with E-state index in [1.54, 1.807) is 4.90 Å². The second-order valence-corrected chi connectivity index (χ2v) is 10.9. The van der Waals surface area contributed by atoms with Crippen LogP contribution in [0.5, 0.6) is 0 Å². The van der Waals surface area contributed by atoms with Gasteiger partial charge in [0.25, 0.3) is 0 Å². The smallest absolute Gasteiger partial charge is 0.410 e. The lowest BCUT2D eigenvalue weighted by Crippen LogP contribution is -2.50. The summed E-state index contributed by atoms with van der Waals surface area (Å²) in [5.74, 6) is 1.37. The molecule has 1 unspecified atom stereocenters. The summed E-state index contributed by atoms with van der Waals surface area (Å²) in [4.78, 5) is 29.2. The highest BCUT2D eigenvalue weighted by molar-refractivity contribution is 5.83. The topological polar surface area (TPSA) is 104 Å². The van der Waals surface area contributed by atoms with Gasteiger partial charge in [0.05, 0.1) is 22.4 Å². The third kappa shape index (κ3) is 5.65. The number of ether oxygens (including phenoxy) is 1. The van der Waals surface area contributed by atoms with Gasteiger partial charge in [-0.3, -0.25) is 9.58 Å². The molecule has 1 aromatic carbocycles. The van der Waals surface area contributed by atoms with Crippen molar-refractivity contribution in [2.75, 3.05) is 31.5 Å². The number of benzene rings is 1. The van der Waals surface area contributed by atoms with Crippen molar-refractivity contribution in [3.8, 4) is 11.3 Å². The number of fused-ring (bicyclic) bond motifs is 1. The van der Waals surface area contributed by atoms with Gasteiger partial charge in [0.1, 0.15) is 11.4 Å². The van der Waals surface area contributed by atoms with Gasteiger partial charge in [-0.1, -0.05) is 6.07 Å². The quantitative estimate of drug-likeness (QED) is 0.384. The van der Waals surface area contributed by atoms with Crippen LogP contribution in [0.25, 0.3) is 22.3 Å². The number of rotatable bonds is 5. The molecule has 1 aliphatic heterocycles. The normalized spacial score (nSPS) is 15.6. The van der Waals surface area contributed by atoms with Crippen LogP contribution in [0.15, 0.2) is 42.6 Å². The Kier molecular flexibility index (Phi) is 6.83. The molecule has 3 aromatic heterocycles. The molecule has 10 heteroatoms. The zero-order valence-electron chi connectivity index (χ0n) is 22.9. The van der Waals surface area contributed by atoms with E-state index in [1.807, 2.05) is 57.8 Å². The van der Waals surface area contributed by atoms with E-state index in [0.717, 1.165) is 52.5 Å². The highest BCUT2D eigenvalue weighted by atomic mass is 16.6. The molecule has 1 amide bonds. The molecule has 0 bridgehead atoms. The number of imidazole rings is 1. The Morgan fingerprint density at radius 2 is 1.87 bits per heavy atom. The molecule has 10 nitrogen and oxygen atoms in total. The molecule has 1 atom stereocenters. The van der Waals surface area contributed by atoms with Crippen molar-refractivity contribution in [3.05, 3.63) is 53.9 Å². The molecule has 1 fully saturated rings. The summed E-state index contributed by atoms with van der Waals surface area (Å²) < 4.78 is 7.41. The number of aryl methyl sites for hydroxylation is 2. The number of carbonyl (C=O) groups excluding carboxylic acids is 1. The van der Waals surface area contributed by atoms with Gasteiger partial charge in [-0.2, -0.15) is 5.10 Å². The average molecular weight is 517 g/mol. The van der Waals surface area contributed by atoms with Crippen LogP contribution in [0.3, 0.4) is 0 Å². The first-order chi connectivity index (χ1) is 18.1. The monoisotopic (exact) mass is 516 g/mol. The minimum atomic E-state index is -0.484. The Morgan fingerprint density at radius 3 is 2.55 bits per heavy atom. The fourth-order valence-corrected chi connectivity index (χ4v) is 4.83. The second-order valence-electron chi connectivity index (χ2n) is 10.9. The Labute approximate surface area is 223 Å². The van der Waals surface area contributed by atoms with Crippen molar-refractivity contribution < 1.29 is 9.53 Å². The van der Waals surface area contributed by atoms with Gasteiger partial charge in [-0.05, 0) is 70.5 Å². The highest BCUT2D eigenvalue weighted by Gasteiger charge is 2.28. The van der Waals surface area contributed by atoms with Gasteiger partial charge in [-0.25, -0.2) is 14.8 Å². The summed E-state index contributed by atoms with van der Waals surface area (Å²) in [7, 11) is 1.95. The Hall–Kier alpha value is -3.92. The van der Waals surface area contributed by atoms with Gasteiger partial charge in [-0.15, -0.1) is 0 Å². The van der Waals surface area contributed by atoms with Crippen LogP contribution in [0.2, 0.25) is 0 Å². The number of aromatic nitrogens is 5. The molecule has 0 spiro atoms. The predicted molar refractivity (Wildman–Crippen MR) is 148 cm³/mol. The lowest BCUT2D eigenvalue weighted by molar-refractivity contribution is 0.0110. The van der Waals surface area contributed by atoms with Crippen molar-refractivity contribution in [1.29, 1.82) is 0 Å². The van der Waals surface area contributed by atoms with Gasteiger partial charge in [0.2, 0.25) is 5.95 Å². The molecule has 0 saturated carbocycles. The van der Waals surface area contributed by atoms with Crippen LogP contribution < -0.4 is 5.32 Å². The lowest BCUT2D eigenvalue weighted by atomic mass is 10.1. The number of hydrogen-bond donors (Lipinski definition) is 2. The summed E-state index contributed by atoms with van der Waals surface area (Å²) in [6, 6.07) is 12.5. The highest BCUT2D eigenvalue weighted by Crippen LogP contribution is 2.27. The molecule has 38 heavy (non-hydrogen) atoms. The fourth-order valence-electron chi connectivity index (χ4n) is 4.83.